The number of hydrogen-bond donors (Lipinski definition) is 0. The summed E-state index contributed by atoms with van der Waals surface area (Å²) in [5.74, 6) is 0.919. The third kappa shape index (κ3) is 2.72. The van der Waals surface area contributed by atoms with E-state index in [9.17, 15) is 0 Å². The Labute approximate surface area is 156 Å². The van der Waals surface area contributed by atoms with Crippen LogP contribution in [-0.4, -0.2) is 18.2 Å². The van der Waals surface area contributed by atoms with Gasteiger partial charge in [0.25, 0.3) is 6.02 Å². The first-order valence-electron chi connectivity index (χ1n) is 9.51. The van der Waals surface area contributed by atoms with Crippen molar-refractivity contribution in [1.82, 2.24) is 0 Å². The number of rotatable bonds is 3. The number of benzene rings is 2. The van der Waals surface area contributed by atoms with E-state index in [0.29, 0.717) is 24.5 Å². The van der Waals surface area contributed by atoms with Crippen molar-refractivity contribution in [2.45, 2.75) is 31.7 Å². The Morgan fingerprint density at radius 1 is 1.08 bits per heavy atom. The third-order valence-electron chi connectivity index (χ3n) is 5.95. The first kappa shape index (κ1) is 16.9. The zero-order chi connectivity index (χ0) is 18.0. The van der Waals surface area contributed by atoms with E-state index in [1.165, 1.54) is 12.8 Å². The Balaban J connectivity index is 1.87. The molecule has 1 aliphatic heterocycles. The van der Waals surface area contributed by atoms with E-state index in [2.05, 4.69) is 48.7 Å². The molecule has 26 heavy (non-hydrogen) atoms. The smallest absolute Gasteiger partial charge is 0.298 e. The van der Waals surface area contributed by atoms with Gasteiger partial charge in [-0.25, -0.2) is 0 Å². The zero-order valence-corrected chi connectivity index (χ0v) is 15.3. The second-order valence-electron chi connectivity index (χ2n) is 7.33. The van der Waals surface area contributed by atoms with E-state index in [4.69, 9.17) is 9.73 Å². The van der Waals surface area contributed by atoms with E-state index in [1.807, 2.05) is 36.4 Å². The number of nitrogens with zero attached hydrogens (tertiary/aromatic N) is 2. The molecule has 0 amide bonds. The summed E-state index contributed by atoms with van der Waals surface area (Å²) >= 11 is 0. The molecule has 2 aliphatic rings. The van der Waals surface area contributed by atoms with Gasteiger partial charge < -0.3 is 4.74 Å². The van der Waals surface area contributed by atoms with Gasteiger partial charge >= 0.3 is 0 Å². The molecule has 1 saturated heterocycles. The fraction of sp³-hybridized carbons (Fsp3) is 0.348. The van der Waals surface area contributed by atoms with Crippen molar-refractivity contribution < 1.29 is 4.74 Å². The lowest BCUT2D eigenvalue weighted by Gasteiger charge is -2.56. The molecule has 1 aliphatic carbocycles. The summed E-state index contributed by atoms with van der Waals surface area (Å²) in [5.41, 5.74) is 1.86. The maximum absolute atomic E-state index is 6.22. The molecule has 134 valence electrons. The van der Waals surface area contributed by atoms with Crippen molar-refractivity contribution >= 4 is 17.4 Å². The van der Waals surface area contributed by atoms with Crippen molar-refractivity contribution in [3.63, 3.8) is 0 Å². The number of hydrogen-bond acceptors (Lipinski definition) is 2. The molecule has 0 spiro atoms. The van der Waals surface area contributed by atoms with Crippen molar-refractivity contribution in [1.29, 1.82) is 0 Å². The first-order chi connectivity index (χ1) is 12.8. The van der Waals surface area contributed by atoms with Crippen LogP contribution in [0.2, 0.25) is 0 Å². The molecule has 1 unspecified atom stereocenters. The molecule has 0 radical (unpaired) electrons. The van der Waals surface area contributed by atoms with Crippen molar-refractivity contribution in [3.05, 3.63) is 73.3 Å². The number of fused-ring (bicyclic) bond motifs is 1. The minimum atomic E-state index is -0.161. The number of anilines is 1. The average molecular weight is 346 g/mol. The predicted molar refractivity (Wildman–Crippen MR) is 108 cm³/mol. The molecule has 0 N–H and O–H groups in total. The summed E-state index contributed by atoms with van der Waals surface area (Å²) in [5, 5.41) is 0. The molecule has 3 heteroatoms. The summed E-state index contributed by atoms with van der Waals surface area (Å²) in [4.78, 5) is 7.16. The summed E-state index contributed by atoms with van der Waals surface area (Å²) in [7, 11) is 0. The lowest BCUT2D eigenvalue weighted by Crippen LogP contribution is -2.65. The largest absolute Gasteiger partial charge is 0.464 e. The van der Waals surface area contributed by atoms with Gasteiger partial charge in [0.2, 0.25) is 0 Å². The van der Waals surface area contributed by atoms with Crippen LogP contribution in [-0.2, 0) is 4.74 Å². The lowest BCUT2D eigenvalue weighted by molar-refractivity contribution is 0.0721. The number of amidine groups is 1. The van der Waals surface area contributed by atoms with Crippen LogP contribution in [0.1, 0.15) is 26.2 Å². The number of para-hydroxylation sites is 2. The summed E-state index contributed by atoms with van der Waals surface area (Å²) < 4.78 is 6.22. The van der Waals surface area contributed by atoms with Crippen LogP contribution in [0.5, 0.6) is 0 Å². The van der Waals surface area contributed by atoms with Crippen LogP contribution >= 0.6 is 0 Å². The first-order valence-corrected chi connectivity index (χ1v) is 9.51. The predicted octanol–water partition coefficient (Wildman–Crippen LogP) is 5.57. The van der Waals surface area contributed by atoms with Gasteiger partial charge in [-0.3, -0.25) is 4.90 Å². The van der Waals surface area contributed by atoms with E-state index in [1.54, 1.807) is 0 Å². The topological polar surface area (TPSA) is 24.8 Å². The molecule has 0 bridgehead atoms. The molecule has 3 atom stereocenters. The minimum absolute atomic E-state index is 0.161. The quantitative estimate of drug-likeness (QED) is 0.679. The van der Waals surface area contributed by atoms with Crippen LogP contribution < -0.4 is 4.90 Å². The Hall–Kier alpha value is -2.55. The van der Waals surface area contributed by atoms with Crippen LogP contribution in [0.4, 0.5) is 11.4 Å². The Morgan fingerprint density at radius 3 is 2.46 bits per heavy atom. The van der Waals surface area contributed by atoms with Gasteiger partial charge in [-0.2, -0.15) is 4.99 Å². The van der Waals surface area contributed by atoms with Crippen molar-refractivity contribution in [3.8, 4) is 0 Å². The number of aliphatic imine (C=N–C) groups is 1. The van der Waals surface area contributed by atoms with Gasteiger partial charge in [0, 0.05) is 11.6 Å². The fourth-order valence-corrected chi connectivity index (χ4v) is 4.63. The number of ether oxygens (including phenoxy) is 1. The zero-order valence-electron chi connectivity index (χ0n) is 15.3. The summed E-state index contributed by atoms with van der Waals surface area (Å²) in [6.07, 6.45) is 5.76. The van der Waals surface area contributed by atoms with E-state index in [0.717, 1.165) is 17.8 Å². The summed E-state index contributed by atoms with van der Waals surface area (Å²) in [6.45, 7) is 7.32. The SMILES string of the molecule is C=C[C@]12C(C)CCC[C@H]1COC(=Nc1ccccc1)N2c1ccccc1. The molecule has 3 nitrogen and oxygen atoms in total. The van der Waals surface area contributed by atoms with Crippen molar-refractivity contribution in [2.24, 2.45) is 16.8 Å². The highest BCUT2D eigenvalue weighted by Crippen LogP contribution is 2.48. The van der Waals surface area contributed by atoms with Gasteiger partial charge in [0.05, 0.1) is 17.8 Å². The van der Waals surface area contributed by atoms with Gasteiger partial charge in [0.1, 0.15) is 0 Å². The fourth-order valence-electron chi connectivity index (χ4n) is 4.63. The molecule has 2 aromatic carbocycles. The van der Waals surface area contributed by atoms with Crippen LogP contribution in [0.25, 0.3) is 0 Å². The van der Waals surface area contributed by atoms with Gasteiger partial charge in [-0.05, 0) is 43.0 Å². The Bertz CT molecular complexity index is 786. The molecular formula is C23H26N2O. The lowest BCUT2D eigenvalue weighted by atomic mass is 9.65. The van der Waals surface area contributed by atoms with Crippen LogP contribution in [0, 0.1) is 11.8 Å². The van der Waals surface area contributed by atoms with Crippen LogP contribution in [0.3, 0.4) is 0 Å². The van der Waals surface area contributed by atoms with E-state index < -0.39 is 0 Å². The highest BCUT2D eigenvalue weighted by molar-refractivity contribution is 5.96. The van der Waals surface area contributed by atoms with Gasteiger partial charge in [0.15, 0.2) is 0 Å². The normalized spacial score (nSPS) is 29.7. The van der Waals surface area contributed by atoms with E-state index >= 15 is 0 Å². The highest BCUT2D eigenvalue weighted by Gasteiger charge is 2.53. The van der Waals surface area contributed by atoms with Crippen LogP contribution in [0.15, 0.2) is 78.3 Å². The Kier molecular flexibility index (Phi) is 4.54. The molecule has 1 heterocycles. The van der Waals surface area contributed by atoms with Gasteiger partial charge in [-0.15, -0.1) is 6.58 Å². The summed E-state index contributed by atoms with van der Waals surface area (Å²) in [6, 6.07) is 21.2. The third-order valence-corrected chi connectivity index (χ3v) is 5.95. The maximum Gasteiger partial charge on any atom is 0.298 e. The molecule has 2 aromatic rings. The second-order valence-corrected chi connectivity index (χ2v) is 7.33. The monoisotopic (exact) mass is 346 g/mol. The molecule has 2 fully saturated rings. The Morgan fingerprint density at radius 2 is 1.77 bits per heavy atom. The second kappa shape index (κ2) is 6.99. The molecule has 0 aromatic heterocycles. The average Bonchev–Trinajstić information content (AvgIpc) is 2.69. The highest BCUT2D eigenvalue weighted by atomic mass is 16.5. The maximum atomic E-state index is 6.22. The molecular weight excluding hydrogens is 320 g/mol. The minimum Gasteiger partial charge on any atom is -0.464 e. The van der Waals surface area contributed by atoms with Gasteiger partial charge in [-0.1, -0.05) is 55.8 Å². The van der Waals surface area contributed by atoms with Crippen molar-refractivity contribution in [2.75, 3.05) is 11.5 Å². The molecule has 1 saturated carbocycles. The molecule has 4 rings (SSSR count). The standard InChI is InChI=1S/C23H26N2O/c1-3-23-18(2)11-10-12-19(23)17-26-22(24-20-13-6-4-7-14-20)25(23)21-15-8-5-9-16-21/h3-9,13-16,18-19H,1,10-12,17H2,2H3/t18?,19-,23-/m0/s1. The van der Waals surface area contributed by atoms with E-state index in [-0.39, 0.29) is 5.54 Å².